The van der Waals surface area contributed by atoms with Gasteiger partial charge in [-0.05, 0) is 31.7 Å². The molecule has 0 unspecified atom stereocenters. The number of piperidine rings is 1. The molecule has 0 aromatic heterocycles. The van der Waals surface area contributed by atoms with E-state index in [0.29, 0.717) is 11.6 Å². The molecule has 7 heteroatoms. The van der Waals surface area contributed by atoms with Crippen molar-refractivity contribution in [1.29, 1.82) is 5.26 Å². The lowest BCUT2D eigenvalue weighted by Gasteiger charge is -2.33. The van der Waals surface area contributed by atoms with Gasteiger partial charge in [0.1, 0.15) is 6.07 Å². The lowest BCUT2D eigenvalue weighted by molar-refractivity contribution is -0.384. The lowest BCUT2D eigenvalue weighted by atomic mass is 9.98. The minimum absolute atomic E-state index is 0.135. The van der Waals surface area contributed by atoms with Gasteiger partial charge in [0.05, 0.1) is 16.2 Å². The fourth-order valence-corrected chi connectivity index (χ4v) is 2.58. The standard InChI is InChI=1S/C16H19N3O4/c1-11-5-7-18(8-6-11)15-4-3-13(19(21)22)9-14(15)16(20)23-12(2)10-17/h3-4,9,11-12H,5-8H2,1-2H3/t12-/m1/s1. The molecule has 0 N–H and O–H groups in total. The number of carbonyl (C=O) groups excluding carboxylic acids is 1. The summed E-state index contributed by atoms with van der Waals surface area (Å²) in [5.41, 5.74) is 0.587. The Kier molecular flexibility index (Phi) is 5.16. The summed E-state index contributed by atoms with van der Waals surface area (Å²) in [5.74, 6) is -0.0883. The number of non-ortho nitro benzene ring substituents is 1. The Labute approximate surface area is 134 Å². The van der Waals surface area contributed by atoms with Crippen molar-refractivity contribution in [2.75, 3.05) is 18.0 Å². The molecule has 0 saturated carbocycles. The fourth-order valence-electron chi connectivity index (χ4n) is 2.58. The SMILES string of the molecule is CC1CCN(c2ccc([N+](=O)[O-])cc2C(=O)O[C@H](C)C#N)CC1. The molecular weight excluding hydrogens is 298 g/mol. The van der Waals surface area contributed by atoms with Crippen molar-refractivity contribution in [3.05, 3.63) is 33.9 Å². The summed E-state index contributed by atoms with van der Waals surface area (Å²) in [6, 6.07) is 6.01. The van der Waals surface area contributed by atoms with Crippen LogP contribution in [0.15, 0.2) is 18.2 Å². The largest absolute Gasteiger partial charge is 0.444 e. The molecule has 0 amide bonds. The summed E-state index contributed by atoms with van der Waals surface area (Å²) in [4.78, 5) is 24.8. The molecule has 1 atom stereocenters. The number of rotatable bonds is 4. The van der Waals surface area contributed by atoms with Crippen molar-refractivity contribution in [1.82, 2.24) is 0 Å². The number of anilines is 1. The van der Waals surface area contributed by atoms with E-state index in [-0.39, 0.29) is 11.3 Å². The van der Waals surface area contributed by atoms with Crippen LogP contribution >= 0.6 is 0 Å². The Morgan fingerprint density at radius 3 is 2.70 bits per heavy atom. The van der Waals surface area contributed by atoms with Gasteiger partial charge in [-0.15, -0.1) is 0 Å². The molecule has 1 saturated heterocycles. The average molecular weight is 317 g/mol. The van der Waals surface area contributed by atoms with Crippen LogP contribution in [-0.2, 0) is 4.74 Å². The van der Waals surface area contributed by atoms with Gasteiger partial charge in [0.15, 0.2) is 6.10 Å². The summed E-state index contributed by atoms with van der Waals surface area (Å²) in [5, 5.41) is 19.7. The molecule has 0 aliphatic carbocycles. The van der Waals surface area contributed by atoms with Gasteiger partial charge in [0.2, 0.25) is 0 Å². The second-order valence-corrected chi connectivity index (χ2v) is 5.80. The zero-order valence-electron chi connectivity index (χ0n) is 13.2. The van der Waals surface area contributed by atoms with E-state index in [1.807, 2.05) is 11.0 Å². The average Bonchev–Trinajstić information content (AvgIpc) is 2.54. The third kappa shape index (κ3) is 3.97. The topological polar surface area (TPSA) is 96.5 Å². The van der Waals surface area contributed by atoms with Gasteiger partial charge in [0.25, 0.3) is 5.69 Å². The van der Waals surface area contributed by atoms with E-state index in [2.05, 4.69) is 6.92 Å². The van der Waals surface area contributed by atoms with Crippen molar-refractivity contribution in [3.8, 4) is 6.07 Å². The smallest absolute Gasteiger partial charge is 0.341 e. The summed E-state index contributed by atoms with van der Waals surface area (Å²) >= 11 is 0. The van der Waals surface area contributed by atoms with Crippen LogP contribution in [0.25, 0.3) is 0 Å². The first kappa shape index (κ1) is 16.7. The number of hydrogen-bond donors (Lipinski definition) is 0. The minimum Gasteiger partial charge on any atom is -0.444 e. The van der Waals surface area contributed by atoms with Gasteiger partial charge in [-0.25, -0.2) is 4.79 Å². The second-order valence-electron chi connectivity index (χ2n) is 5.80. The quantitative estimate of drug-likeness (QED) is 0.481. The Bertz CT molecular complexity index is 645. The van der Waals surface area contributed by atoms with E-state index in [0.717, 1.165) is 25.9 Å². The van der Waals surface area contributed by atoms with Crippen molar-refractivity contribution >= 4 is 17.3 Å². The number of nitro benzene ring substituents is 1. The number of hydrogen-bond acceptors (Lipinski definition) is 6. The highest BCUT2D eigenvalue weighted by Gasteiger charge is 2.25. The lowest BCUT2D eigenvalue weighted by Crippen LogP contribution is -2.34. The van der Waals surface area contributed by atoms with Crippen LogP contribution in [0, 0.1) is 27.4 Å². The predicted molar refractivity (Wildman–Crippen MR) is 84.2 cm³/mol. The molecule has 23 heavy (non-hydrogen) atoms. The van der Waals surface area contributed by atoms with Crippen LogP contribution in [0.3, 0.4) is 0 Å². The Balaban J connectivity index is 2.35. The van der Waals surface area contributed by atoms with E-state index in [1.54, 1.807) is 6.07 Å². The van der Waals surface area contributed by atoms with Gasteiger partial charge in [-0.1, -0.05) is 6.92 Å². The number of esters is 1. The van der Waals surface area contributed by atoms with Crippen LogP contribution < -0.4 is 4.90 Å². The maximum atomic E-state index is 12.3. The first-order chi connectivity index (χ1) is 10.9. The second kappa shape index (κ2) is 7.09. The minimum atomic E-state index is -0.906. The number of carbonyl (C=O) groups is 1. The maximum Gasteiger partial charge on any atom is 0.341 e. The van der Waals surface area contributed by atoms with E-state index in [1.165, 1.54) is 19.1 Å². The van der Waals surface area contributed by atoms with Crippen LogP contribution in [0.2, 0.25) is 0 Å². The summed E-state index contributed by atoms with van der Waals surface area (Å²) < 4.78 is 5.02. The molecule has 1 aliphatic rings. The highest BCUT2D eigenvalue weighted by atomic mass is 16.6. The highest BCUT2D eigenvalue weighted by Crippen LogP contribution is 2.30. The zero-order valence-corrected chi connectivity index (χ0v) is 13.2. The van der Waals surface area contributed by atoms with Gasteiger partial charge < -0.3 is 9.64 Å². The van der Waals surface area contributed by atoms with Gasteiger partial charge in [-0.3, -0.25) is 10.1 Å². The molecule has 7 nitrogen and oxygen atoms in total. The van der Waals surface area contributed by atoms with E-state index < -0.39 is 17.0 Å². The van der Waals surface area contributed by atoms with Crippen molar-refractivity contribution < 1.29 is 14.5 Å². The number of ether oxygens (including phenoxy) is 1. The van der Waals surface area contributed by atoms with E-state index >= 15 is 0 Å². The molecule has 0 bridgehead atoms. The number of benzene rings is 1. The molecule has 1 heterocycles. The number of nitrogens with zero attached hydrogens (tertiary/aromatic N) is 3. The molecule has 1 aromatic rings. The van der Waals surface area contributed by atoms with Crippen LogP contribution in [0.4, 0.5) is 11.4 Å². The highest BCUT2D eigenvalue weighted by molar-refractivity contribution is 5.97. The monoisotopic (exact) mass is 317 g/mol. The first-order valence-electron chi connectivity index (χ1n) is 7.56. The third-order valence-electron chi connectivity index (χ3n) is 4.00. The van der Waals surface area contributed by atoms with Crippen LogP contribution in [0.5, 0.6) is 0 Å². The van der Waals surface area contributed by atoms with Crippen LogP contribution in [0.1, 0.15) is 37.0 Å². The predicted octanol–water partition coefficient (Wildman–Crippen LogP) is 2.90. The number of nitriles is 1. The fraction of sp³-hybridized carbons (Fsp3) is 0.500. The zero-order chi connectivity index (χ0) is 17.0. The van der Waals surface area contributed by atoms with Crippen molar-refractivity contribution in [2.24, 2.45) is 5.92 Å². The van der Waals surface area contributed by atoms with E-state index in [9.17, 15) is 14.9 Å². The normalized spacial score (nSPS) is 16.5. The van der Waals surface area contributed by atoms with Gasteiger partial charge in [-0.2, -0.15) is 5.26 Å². The third-order valence-corrected chi connectivity index (χ3v) is 4.00. The summed E-state index contributed by atoms with van der Waals surface area (Å²) in [6.07, 6.45) is 1.09. The van der Waals surface area contributed by atoms with Gasteiger partial charge in [0, 0.05) is 25.2 Å². The Morgan fingerprint density at radius 2 is 2.13 bits per heavy atom. The summed E-state index contributed by atoms with van der Waals surface area (Å²) in [7, 11) is 0. The molecular formula is C16H19N3O4. The molecule has 2 rings (SSSR count). The van der Waals surface area contributed by atoms with E-state index in [4.69, 9.17) is 10.00 Å². The molecule has 1 fully saturated rings. The van der Waals surface area contributed by atoms with Gasteiger partial charge >= 0.3 is 5.97 Å². The molecule has 0 spiro atoms. The Hall–Kier alpha value is -2.62. The summed E-state index contributed by atoms with van der Waals surface area (Å²) in [6.45, 7) is 5.20. The maximum absolute atomic E-state index is 12.3. The molecule has 122 valence electrons. The number of nitro groups is 1. The first-order valence-corrected chi connectivity index (χ1v) is 7.56. The van der Waals surface area contributed by atoms with Crippen LogP contribution in [-0.4, -0.2) is 30.1 Å². The molecule has 0 radical (unpaired) electrons. The molecule has 1 aliphatic heterocycles. The van der Waals surface area contributed by atoms with Crippen molar-refractivity contribution in [2.45, 2.75) is 32.8 Å². The van der Waals surface area contributed by atoms with Crippen molar-refractivity contribution in [3.63, 3.8) is 0 Å². The molecule has 1 aromatic carbocycles. The Morgan fingerprint density at radius 1 is 1.48 bits per heavy atom.